The Morgan fingerprint density at radius 2 is 1.68 bits per heavy atom. The van der Waals surface area contributed by atoms with Crippen molar-refractivity contribution in [1.29, 1.82) is 0 Å². The van der Waals surface area contributed by atoms with E-state index in [0.717, 1.165) is 36.3 Å². The van der Waals surface area contributed by atoms with E-state index >= 15 is 0 Å². The van der Waals surface area contributed by atoms with Gasteiger partial charge in [-0.3, -0.25) is 9.59 Å². The van der Waals surface area contributed by atoms with Crippen LogP contribution in [-0.2, 0) is 9.59 Å². The SMILES string of the molecule is NC(=O)COc1ccc(/C=C/C(=O)NCCC23CC4CC(CC(C4)C2)C3)cc1. The number of amides is 2. The number of primary amides is 1. The van der Waals surface area contributed by atoms with Crippen molar-refractivity contribution < 1.29 is 14.3 Å². The van der Waals surface area contributed by atoms with Crippen LogP contribution in [0.3, 0.4) is 0 Å². The molecule has 4 saturated carbocycles. The third-order valence-electron chi connectivity index (χ3n) is 6.81. The van der Waals surface area contributed by atoms with Crippen LogP contribution in [0, 0.1) is 23.2 Å². The lowest BCUT2D eigenvalue weighted by Gasteiger charge is -2.57. The highest BCUT2D eigenvalue weighted by Gasteiger charge is 2.50. The molecule has 0 spiro atoms. The molecule has 4 bridgehead atoms. The van der Waals surface area contributed by atoms with Crippen LogP contribution in [0.5, 0.6) is 5.75 Å². The van der Waals surface area contributed by atoms with E-state index in [1.54, 1.807) is 24.3 Å². The quantitative estimate of drug-likeness (QED) is 0.677. The molecule has 0 atom stereocenters. The molecule has 5 heteroatoms. The fourth-order valence-electron chi connectivity index (χ4n) is 6.11. The lowest BCUT2D eigenvalue weighted by Crippen LogP contribution is -2.47. The molecule has 28 heavy (non-hydrogen) atoms. The van der Waals surface area contributed by atoms with Gasteiger partial charge in [0.2, 0.25) is 5.91 Å². The Hall–Kier alpha value is -2.30. The zero-order valence-electron chi connectivity index (χ0n) is 16.4. The first-order chi connectivity index (χ1) is 13.5. The molecule has 5 nitrogen and oxygen atoms in total. The van der Waals surface area contributed by atoms with Crippen molar-refractivity contribution in [3.8, 4) is 5.75 Å². The van der Waals surface area contributed by atoms with Crippen LogP contribution < -0.4 is 15.8 Å². The van der Waals surface area contributed by atoms with Crippen molar-refractivity contribution in [2.24, 2.45) is 28.9 Å². The molecular formula is C23H30N2O3. The molecule has 0 aliphatic heterocycles. The standard InChI is InChI=1S/C23H30N2O3/c24-21(26)15-28-20-4-1-16(2-5-20)3-6-22(27)25-8-7-23-12-17-9-18(13-23)11-19(10-17)14-23/h1-6,17-19H,7-15H2,(H2,24,26)(H,25,27)/b6-3+. The molecule has 0 aromatic heterocycles. The molecule has 1 aromatic carbocycles. The van der Waals surface area contributed by atoms with Crippen LogP contribution in [0.25, 0.3) is 6.08 Å². The third-order valence-corrected chi connectivity index (χ3v) is 6.81. The number of benzene rings is 1. The van der Waals surface area contributed by atoms with Gasteiger partial charge in [0.25, 0.3) is 5.91 Å². The van der Waals surface area contributed by atoms with Crippen molar-refractivity contribution in [3.63, 3.8) is 0 Å². The third kappa shape index (κ3) is 4.57. The van der Waals surface area contributed by atoms with Gasteiger partial charge in [0.1, 0.15) is 5.75 Å². The van der Waals surface area contributed by atoms with Gasteiger partial charge in [0, 0.05) is 12.6 Å². The number of rotatable bonds is 8. The van der Waals surface area contributed by atoms with Crippen LogP contribution in [0.1, 0.15) is 50.5 Å². The molecule has 4 aliphatic rings. The van der Waals surface area contributed by atoms with Gasteiger partial charge in [-0.05, 0) is 91.9 Å². The minimum Gasteiger partial charge on any atom is -0.484 e. The summed E-state index contributed by atoms with van der Waals surface area (Å²) in [6.45, 7) is 0.635. The average molecular weight is 383 g/mol. The predicted octanol–water partition coefficient (Wildman–Crippen LogP) is 3.29. The number of ether oxygens (including phenoxy) is 1. The normalized spacial score (nSPS) is 30.5. The number of hydrogen-bond donors (Lipinski definition) is 2. The second-order valence-electron chi connectivity index (χ2n) is 9.12. The fourth-order valence-corrected chi connectivity index (χ4v) is 6.11. The lowest BCUT2D eigenvalue weighted by atomic mass is 9.49. The second-order valence-corrected chi connectivity index (χ2v) is 9.12. The van der Waals surface area contributed by atoms with Crippen molar-refractivity contribution in [3.05, 3.63) is 35.9 Å². The number of hydrogen-bond acceptors (Lipinski definition) is 3. The summed E-state index contributed by atoms with van der Waals surface area (Å²) >= 11 is 0. The molecule has 4 aliphatic carbocycles. The Morgan fingerprint density at radius 1 is 1.07 bits per heavy atom. The highest BCUT2D eigenvalue weighted by molar-refractivity contribution is 5.91. The van der Waals surface area contributed by atoms with Gasteiger partial charge in [-0.25, -0.2) is 0 Å². The molecular weight excluding hydrogens is 352 g/mol. The summed E-state index contributed by atoms with van der Waals surface area (Å²) in [6.07, 6.45) is 13.0. The van der Waals surface area contributed by atoms with Crippen LogP contribution in [0.2, 0.25) is 0 Å². The number of carbonyl (C=O) groups excluding carboxylic acids is 2. The topological polar surface area (TPSA) is 81.4 Å². The van der Waals surface area contributed by atoms with E-state index in [-0.39, 0.29) is 12.5 Å². The van der Waals surface area contributed by atoms with Gasteiger partial charge in [0.15, 0.2) is 6.61 Å². The summed E-state index contributed by atoms with van der Waals surface area (Å²) in [7, 11) is 0. The molecule has 3 N–H and O–H groups in total. The number of nitrogens with two attached hydrogens (primary N) is 1. The monoisotopic (exact) mass is 382 g/mol. The van der Waals surface area contributed by atoms with E-state index in [9.17, 15) is 9.59 Å². The number of nitrogens with one attached hydrogen (secondary N) is 1. The Morgan fingerprint density at radius 3 is 2.25 bits per heavy atom. The summed E-state index contributed by atoms with van der Waals surface area (Å²) < 4.78 is 5.22. The Balaban J connectivity index is 1.22. The fraction of sp³-hybridized carbons (Fsp3) is 0.565. The van der Waals surface area contributed by atoms with Gasteiger partial charge in [-0.1, -0.05) is 12.1 Å². The Labute approximate surface area is 166 Å². The molecule has 1 aromatic rings. The minimum atomic E-state index is -0.505. The lowest BCUT2D eigenvalue weighted by molar-refractivity contribution is -0.120. The molecule has 0 saturated heterocycles. The molecule has 0 radical (unpaired) electrons. The van der Waals surface area contributed by atoms with Crippen LogP contribution >= 0.6 is 0 Å². The molecule has 0 unspecified atom stereocenters. The van der Waals surface area contributed by atoms with E-state index in [4.69, 9.17) is 10.5 Å². The minimum absolute atomic E-state index is 0.0428. The maximum Gasteiger partial charge on any atom is 0.255 e. The largest absolute Gasteiger partial charge is 0.484 e. The van der Waals surface area contributed by atoms with E-state index < -0.39 is 5.91 Å². The highest BCUT2D eigenvalue weighted by Crippen LogP contribution is 2.61. The average Bonchev–Trinajstić information content (AvgIpc) is 2.64. The summed E-state index contributed by atoms with van der Waals surface area (Å²) in [6, 6.07) is 7.20. The van der Waals surface area contributed by atoms with E-state index in [1.807, 2.05) is 12.1 Å². The summed E-state index contributed by atoms with van der Waals surface area (Å²) in [5.74, 6) is 2.90. The van der Waals surface area contributed by atoms with Crippen molar-refractivity contribution in [2.75, 3.05) is 13.2 Å². The highest BCUT2D eigenvalue weighted by atomic mass is 16.5. The van der Waals surface area contributed by atoms with Gasteiger partial charge in [-0.15, -0.1) is 0 Å². The maximum atomic E-state index is 12.2. The van der Waals surface area contributed by atoms with E-state index in [1.165, 1.54) is 38.5 Å². The molecule has 5 rings (SSSR count). The summed E-state index contributed by atoms with van der Waals surface area (Å²) in [5.41, 5.74) is 6.47. The summed E-state index contributed by atoms with van der Waals surface area (Å²) in [4.78, 5) is 22.9. The smallest absolute Gasteiger partial charge is 0.255 e. The Bertz CT molecular complexity index is 718. The van der Waals surface area contributed by atoms with E-state index in [0.29, 0.717) is 11.2 Å². The van der Waals surface area contributed by atoms with Crippen molar-refractivity contribution >= 4 is 17.9 Å². The van der Waals surface area contributed by atoms with Crippen LogP contribution in [0.4, 0.5) is 0 Å². The molecule has 0 heterocycles. The van der Waals surface area contributed by atoms with Gasteiger partial charge in [-0.2, -0.15) is 0 Å². The maximum absolute atomic E-state index is 12.2. The van der Waals surface area contributed by atoms with Gasteiger partial charge >= 0.3 is 0 Å². The van der Waals surface area contributed by atoms with Crippen molar-refractivity contribution in [2.45, 2.75) is 44.9 Å². The van der Waals surface area contributed by atoms with E-state index in [2.05, 4.69) is 5.32 Å². The molecule has 4 fully saturated rings. The molecule has 150 valence electrons. The first-order valence-corrected chi connectivity index (χ1v) is 10.5. The predicted molar refractivity (Wildman–Crippen MR) is 108 cm³/mol. The zero-order valence-corrected chi connectivity index (χ0v) is 16.4. The zero-order chi connectivity index (χ0) is 19.6. The molecule has 2 amide bonds. The van der Waals surface area contributed by atoms with Crippen LogP contribution in [0.15, 0.2) is 30.3 Å². The first kappa shape index (κ1) is 19.0. The van der Waals surface area contributed by atoms with Gasteiger partial charge < -0.3 is 15.8 Å². The second kappa shape index (κ2) is 7.98. The van der Waals surface area contributed by atoms with Crippen molar-refractivity contribution in [1.82, 2.24) is 5.32 Å². The number of carbonyl (C=O) groups is 2. The Kier molecular flexibility index (Phi) is 5.42. The van der Waals surface area contributed by atoms with Gasteiger partial charge in [0.05, 0.1) is 0 Å². The first-order valence-electron chi connectivity index (χ1n) is 10.5. The summed E-state index contributed by atoms with van der Waals surface area (Å²) in [5, 5.41) is 3.07. The van der Waals surface area contributed by atoms with Crippen LogP contribution in [-0.4, -0.2) is 25.0 Å².